The first-order valence-corrected chi connectivity index (χ1v) is 6.88. The van der Waals surface area contributed by atoms with E-state index in [1.165, 1.54) is 4.57 Å². The number of nitrogen functional groups attached to an aromatic ring is 1. The average Bonchev–Trinajstić information content (AvgIpc) is 2.47. The van der Waals surface area contributed by atoms with Crippen molar-refractivity contribution in [2.75, 3.05) is 11.1 Å². The molecule has 0 bridgehead atoms. The Kier molecular flexibility index (Phi) is 4.76. The molecular formula is C14H19N5O2. The number of aromatic amines is 1. The quantitative estimate of drug-likeness (QED) is 0.733. The molecule has 7 nitrogen and oxygen atoms in total. The molecular weight excluding hydrogens is 270 g/mol. The fraction of sp³-hybridized carbons (Fsp3) is 0.357. The Hall–Kier alpha value is -2.57. The molecule has 0 aliphatic heterocycles. The van der Waals surface area contributed by atoms with Gasteiger partial charge in [-0.1, -0.05) is 13.3 Å². The third kappa shape index (κ3) is 3.50. The van der Waals surface area contributed by atoms with E-state index in [1.54, 1.807) is 12.4 Å². The SMILES string of the molecule is CCCCn1c(N)c(NCc2ccncc2)c(=O)[nH]c1=O. The van der Waals surface area contributed by atoms with Crippen LogP contribution in [-0.2, 0) is 13.1 Å². The molecule has 2 rings (SSSR count). The number of nitrogens with one attached hydrogen (secondary N) is 2. The molecule has 4 N–H and O–H groups in total. The topological polar surface area (TPSA) is 106 Å². The van der Waals surface area contributed by atoms with Crippen LogP contribution in [-0.4, -0.2) is 14.5 Å². The molecule has 0 saturated heterocycles. The lowest BCUT2D eigenvalue weighted by atomic mass is 10.2. The fourth-order valence-corrected chi connectivity index (χ4v) is 1.99. The van der Waals surface area contributed by atoms with Crippen molar-refractivity contribution in [2.24, 2.45) is 0 Å². The Morgan fingerprint density at radius 2 is 2.05 bits per heavy atom. The zero-order chi connectivity index (χ0) is 15.2. The maximum atomic E-state index is 11.9. The second kappa shape index (κ2) is 6.74. The van der Waals surface area contributed by atoms with Crippen LogP contribution in [0.2, 0.25) is 0 Å². The van der Waals surface area contributed by atoms with Gasteiger partial charge in [0.15, 0.2) is 0 Å². The highest BCUT2D eigenvalue weighted by Crippen LogP contribution is 2.12. The van der Waals surface area contributed by atoms with Gasteiger partial charge in [-0.3, -0.25) is 19.3 Å². The molecule has 7 heteroatoms. The molecule has 0 aromatic carbocycles. The number of nitrogens with zero attached hydrogens (tertiary/aromatic N) is 2. The third-order valence-electron chi connectivity index (χ3n) is 3.19. The first kappa shape index (κ1) is 14.8. The van der Waals surface area contributed by atoms with Gasteiger partial charge in [-0.2, -0.15) is 0 Å². The van der Waals surface area contributed by atoms with Gasteiger partial charge in [0.2, 0.25) is 0 Å². The summed E-state index contributed by atoms with van der Waals surface area (Å²) >= 11 is 0. The van der Waals surface area contributed by atoms with E-state index in [9.17, 15) is 9.59 Å². The number of hydrogen-bond donors (Lipinski definition) is 3. The van der Waals surface area contributed by atoms with Crippen LogP contribution in [0.15, 0.2) is 34.1 Å². The number of H-pyrrole nitrogens is 1. The maximum Gasteiger partial charge on any atom is 0.330 e. The van der Waals surface area contributed by atoms with Crippen molar-refractivity contribution in [1.29, 1.82) is 0 Å². The Labute approximate surface area is 121 Å². The summed E-state index contributed by atoms with van der Waals surface area (Å²) in [6.07, 6.45) is 5.10. The summed E-state index contributed by atoms with van der Waals surface area (Å²) in [5.74, 6) is 0.172. The summed E-state index contributed by atoms with van der Waals surface area (Å²) < 4.78 is 1.39. The Morgan fingerprint density at radius 3 is 2.71 bits per heavy atom. The van der Waals surface area contributed by atoms with E-state index in [0.717, 1.165) is 18.4 Å². The minimum absolute atomic E-state index is 0.172. The standard InChI is InChI=1S/C14H19N5O2/c1-2-3-8-19-12(15)11(13(20)18-14(19)21)17-9-10-4-6-16-7-5-10/h4-7,17H,2-3,8-9,15H2,1H3,(H,18,20,21). The van der Waals surface area contributed by atoms with Crippen molar-refractivity contribution >= 4 is 11.5 Å². The van der Waals surface area contributed by atoms with Crippen molar-refractivity contribution in [3.05, 3.63) is 50.9 Å². The van der Waals surface area contributed by atoms with E-state index < -0.39 is 11.2 Å². The van der Waals surface area contributed by atoms with Gasteiger partial charge in [0.05, 0.1) is 0 Å². The number of rotatable bonds is 6. The lowest BCUT2D eigenvalue weighted by Crippen LogP contribution is -2.34. The monoisotopic (exact) mass is 289 g/mol. The minimum atomic E-state index is -0.501. The molecule has 0 amide bonds. The number of hydrogen-bond acceptors (Lipinski definition) is 5. The molecule has 0 fully saturated rings. The van der Waals surface area contributed by atoms with Crippen molar-refractivity contribution in [2.45, 2.75) is 32.9 Å². The summed E-state index contributed by atoms with van der Waals surface area (Å²) in [6.45, 7) is 2.94. The summed E-state index contributed by atoms with van der Waals surface area (Å²) in [7, 11) is 0. The molecule has 0 aliphatic rings. The fourth-order valence-electron chi connectivity index (χ4n) is 1.99. The zero-order valence-electron chi connectivity index (χ0n) is 11.9. The molecule has 2 heterocycles. The number of aromatic nitrogens is 3. The maximum absolute atomic E-state index is 11.9. The number of pyridine rings is 1. The first-order chi connectivity index (χ1) is 10.1. The van der Waals surface area contributed by atoms with E-state index >= 15 is 0 Å². The Morgan fingerprint density at radius 1 is 1.33 bits per heavy atom. The van der Waals surface area contributed by atoms with Gasteiger partial charge in [0.25, 0.3) is 5.56 Å². The van der Waals surface area contributed by atoms with E-state index in [0.29, 0.717) is 13.1 Å². The van der Waals surface area contributed by atoms with Gasteiger partial charge in [-0.05, 0) is 24.1 Å². The molecule has 0 saturated carbocycles. The Bertz CT molecular complexity index is 706. The molecule has 0 atom stereocenters. The predicted molar refractivity (Wildman–Crippen MR) is 82.2 cm³/mol. The highest BCUT2D eigenvalue weighted by atomic mass is 16.2. The normalized spacial score (nSPS) is 10.5. The van der Waals surface area contributed by atoms with E-state index in [-0.39, 0.29) is 11.5 Å². The van der Waals surface area contributed by atoms with Gasteiger partial charge < -0.3 is 11.1 Å². The highest BCUT2D eigenvalue weighted by Gasteiger charge is 2.11. The molecule has 0 radical (unpaired) electrons. The largest absolute Gasteiger partial charge is 0.383 e. The lowest BCUT2D eigenvalue weighted by molar-refractivity contribution is 0.605. The molecule has 112 valence electrons. The molecule has 0 unspecified atom stereocenters. The summed E-state index contributed by atoms with van der Waals surface area (Å²) in [5.41, 5.74) is 6.18. The van der Waals surface area contributed by atoms with E-state index in [2.05, 4.69) is 15.3 Å². The van der Waals surface area contributed by atoms with Crippen LogP contribution in [0.1, 0.15) is 25.3 Å². The zero-order valence-corrected chi connectivity index (χ0v) is 11.9. The van der Waals surface area contributed by atoms with Crippen LogP contribution >= 0.6 is 0 Å². The van der Waals surface area contributed by atoms with Gasteiger partial charge in [-0.25, -0.2) is 4.79 Å². The molecule has 2 aromatic rings. The van der Waals surface area contributed by atoms with Gasteiger partial charge in [-0.15, -0.1) is 0 Å². The van der Waals surface area contributed by atoms with Crippen LogP contribution in [0.25, 0.3) is 0 Å². The van der Waals surface area contributed by atoms with Crippen LogP contribution in [0.5, 0.6) is 0 Å². The van der Waals surface area contributed by atoms with Crippen LogP contribution in [0, 0.1) is 0 Å². The minimum Gasteiger partial charge on any atom is -0.383 e. The van der Waals surface area contributed by atoms with Gasteiger partial charge in [0, 0.05) is 25.5 Å². The average molecular weight is 289 g/mol. The van der Waals surface area contributed by atoms with Gasteiger partial charge >= 0.3 is 5.69 Å². The second-order valence-corrected chi connectivity index (χ2v) is 4.73. The molecule has 0 aliphatic carbocycles. The molecule has 0 spiro atoms. The lowest BCUT2D eigenvalue weighted by Gasteiger charge is -2.13. The predicted octanol–water partition coefficient (Wildman–Crippen LogP) is 0.926. The summed E-state index contributed by atoms with van der Waals surface area (Å²) in [5, 5.41) is 2.99. The smallest absolute Gasteiger partial charge is 0.330 e. The van der Waals surface area contributed by atoms with Crippen LogP contribution in [0.4, 0.5) is 11.5 Å². The van der Waals surface area contributed by atoms with E-state index in [4.69, 9.17) is 5.73 Å². The second-order valence-electron chi connectivity index (χ2n) is 4.73. The van der Waals surface area contributed by atoms with Crippen LogP contribution in [0.3, 0.4) is 0 Å². The van der Waals surface area contributed by atoms with Crippen molar-refractivity contribution in [3.63, 3.8) is 0 Å². The third-order valence-corrected chi connectivity index (χ3v) is 3.19. The number of unbranched alkanes of at least 4 members (excludes halogenated alkanes) is 1. The van der Waals surface area contributed by atoms with Crippen LogP contribution < -0.4 is 22.3 Å². The molecule has 21 heavy (non-hydrogen) atoms. The number of anilines is 2. The first-order valence-electron chi connectivity index (χ1n) is 6.88. The van der Waals surface area contributed by atoms with Crippen molar-refractivity contribution in [1.82, 2.24) is 14.5 Å². The Balaban J connectivity index is 2.26. The highest BCUT2D eigenvalue weighted by molar-refractivity contribution is 5.60. The van der Waals surface area contributed by atoms with Crippen molar-refractivity contribution < 1.29 is 0 Å². The summed E-state index contributed by atoms with van der Waals surface area (Å²) in [4.78, 5) is 29.9. The van der Waals surface area contributed by atoms with Crippen molar-refractivity contribution in [3.8, 4) is 0 Å². The summed E-state index contributed by atoms with van der Waals surface area (Å²) in [6, 6.07) is 3.68. The van der Waals surface area contributed by atoms with E-state index in [1.807, 2.05) is 19.1 Å². The van der Waals surface area contributed by atoms with Gasteiger partial charge in [0.1, 0.15) is 11.5 Å². The number of nitrogens with two attached hydrogens (primary N) is 1. The molecule has 2 aromatic heterocycles.